The van der Waals surface area contributed by atoms with E-state index in [0.717, 1.165) is 17.8 Å². The molecule has 3 N–H and O–H groups in total. The lowest BCUT2D eigenvalue weighted by atomic mass is 10.2. The number of carbonyl (C=O) groups excluding carboxylic acids is 1. The number of nitro groups is 1. The molecule has 3 rings (SSSR count). The van der Waals surface area contributed by atoms with Gasteiger partial charge in [0.15, 0.2) is 12.4 Å². The molecule has 0 amide bonds. The molecule has 0 saturated carbocycles. The summed E-state index contributed by atoms with van der Waals surface area (Å²) >= 11 is 5.91. The van der Waals surface area contributed by atoms with Crippen LogP contribution in [0.3, 0.4) is 0 Å². The number of nitro benzene ring substituents is 1. The van der Waals surface area contributed by atoms with Gasteiger partial charge < -0.3 is 15.8 Å². The fraction of sp³-hybridized carbons (Fsp3) is 0.0588. The minimum Gasteiger partial charge on any atom is -0.454 e. The molecule has 1 heterocycles. The Kier molecular flexibility index (Phi) is 5.61. The van der Waals surface area contributed by atoms with Crippen LogP contribution in [0.25, 0.3) is 0 Å². The van der Waals surface area contributed by atoms with Gasteiger partial charge in [0.05, 0.1) is 15.5 Å². The largest absolute Gasteiger partial charge is 0.454 e. The summed E-state index contributed by atoms with van der Waals surface area (Å²) in [7, 11) is 0. The third-order valence-corrected chi connectivity index (χ3v) is 3.76. The predicted octanol–water partition coefficient (Wildman–Crippen LogP) is 3.12. The lowest BCUT2D eigenvalue weighted by Crippen LogP contribution is -2.11. The molecule has 0 unspecified atom stereocenters. The number of nitrogen functional groups attached to an aromatic ring is 1. The van der Waals surface area contributed by atoms with E-state index in [9.17, 15) is 14.9 Å². The molecule has 0 aliphatic heterocycles. The van der Waals surface area contributed by atoms with Crippen LogP contribution in [0.5, 0.6) is 0 Å². The van der Waals surface area contributed by atoms with Crippen molar-refractivity contribution in [3.63, 3.8) is 0 Å². The van der Waals surface area contributed by atoms with Crippen molar-refractivity contribution in [1.29, 1.82) is 0 Å². The zero-order chi connectivity index (χ0) is 20.1. The third-order valence-electron chi connectivity index (χ3n) is 3.44. The monoisotopic (exact) mass is 400 g/mol. The molecule has 0 aliphatic rings. The van der Waals surface area contributed by atoms with Crippen molar-refractivity contribution in [2.45, 2.75) is 6.61 Å². The normalized spacial score (nSPS) is 10.3. The van der Waals surface area contributed by atoms with E-state index in [2.05, 4.69) is 20.3 Å². The SMILES string of the molecule is Nc1nc(COC(=O)c2ccc([N+](=O)[O-])cc2Cl)nc(Nc2ccccc2)n1. The molecule has 0 atom stereocenters. The number of hydrogen-bond donors (Lipinski definition) is 2. The second kappa shape index (κ2) is 8.27. The molecule has 0 saturated heterocycles. The van der Waals surface area contributed by atoms with E-state index in [1.165, 1.54) is 6.07 Å². The highest BCUT2D eigenvalue weighted by Gasteiger charge is 2.17. The number of para-hydroxylation sites is 1. The van der Waals surface area contributed by atoms with Gasteiger partial charge in [-0.15, -0.1) is 0 Å². The molecule has 0 bridgehead atoms. The third kappa shape index (κ3) is 4.68. The molecule has 142 valence electrons. The Balaban J connectivity index is 1.70. The first-order valence-corrected chi connectivity index (χ1v) is 8.24. The molecule has 2 aromatic carbocycles. The predicted molar refractivity (Wildman–Crippen MR) is 101 cm³/mol. The second-order valence-corrected chi connectivity index (χ2v) is 5.83. The summed E-state index contributed by atoms with van der Waals surface area (Å²) in [6, 6.07) is 12.6. The Bertz CT molecular complexity index is 1030. The average Bonchev–Trinajstić information content (AvgIpc) is 2.66. The van der Waals surface area contributed by atoms with Crippen molar-refractivity contribution >= 4 is 40.8 Å². The maximum Gasteiger partial charge on any atom is 0.340 e. The number of carbonyl (C=O) groups is 1. The Hall–Kier alpha value is -3.79. The highest BCUT2D eigenvalue weighted by Crippen LogP contribution is 2.23. The van der Waals surface area contributed by atoms with Gasteiger partial charge in [-0.1, -0.05) is 29.8 Å². The first-order valence-electron chi connectivity index (χ1n) is 7.86. The van der Waals surface area contributed by atoms with E-state index in [1.807, 2.05) is 30.3 Å². The summed E-state index contributed by atoms with van der Waals surface area (Å²) in [6.45, 7) is -0.289. The molecule has 0 radical (unpaired) electrons. The molecular formula is C17H13ClN6O4. The summed E-state index contributed by atoms with van der Waals surface area (Å²) in [5.41, 5.74) is 6.17. The van der Waals surface area contributed by atoms with Gasteiger partial charge in [-0.25, -0.2) is 4.79 Å². The van der Waals surface area contributed by atoms with Crippen molar-refractivity contribution in [3.8, 4) is 0 Å². The van der Waals surface area contributed by atoms with E-state index in [1.54, 1.807) is 0 Å². The minimum absolute atomic E-state index is 0.0167. The zero-order valence-electron chi connectivity index (χ0n) is 14.2. The first-order chi connectivity index (χ1) is 13.4. The van der Waals surface area contributed by atoms with Gasteiger partial charge in [0, 0.05) is 17.8 Å². The van der Waals surface area contributed by atoms with Gasteiger partial charge in [-0.2, -0.15) is 15.0 Å². The van der Waals surface area contributed by atoms with Gasteiger partial charge in [0.1, 0.15) is 0 Å². The summed E-state index contributed by atoms with van der Waals surface area (Å²) < 4.78 is 5.13. The topological polar surface area (TPSA) is 146 Å². The molecular weight excluding hydrogens is 388 g/mol. The van der Waals surface area contributed by atoms with Crippen molar-refractivity contribution in [2.75, 3.05) is 11.1 Å². The highest BCUT2D eigenvalue weighted by atomic mass is 35.5. The number of hydrogen-bond acceptors (Lipinski definition) is 9. The van der Waals surface area contributed by atoms with Crippen molar-refractivity contribution in [3.05, 3.63) is 75.1 Å². The van der Waals surface area contributed by atoms with E-state index in [4.69, 9.17) is 22.1 Å². The first kappa shape index (κ1) is 19.0. The number of nitrogens with one attached hydrogen (secondary N) is 1. The van der Waals surface area contributed by atoms with Gasteiger partial charge in [-0.05, 0) is 18.2 Å². The van der Waals surface area contributed by atoms with Crippen molar-refractivity contribution in [2.24, 2.45) is 0 Å². The summed E-state index contributed by atoms with van der Waals surface area (Å²) in [4.78, 5) is 34.3. The van der Waals surface area contributed by atoms with E-state index < -0.39 is 10.9 Å². The van der Waals surface area contributed by atoms with Crippen LogP contribution in [0.4, 0.5) is 23.3 Å². The standard InChI is InChI=1S/C17H13ClN6O4/c18-13-8-11(24(26)27)6-7-12(13)15(25)28-9-14-21-16(19)23-17(22-14)20-10-4-2-1-3-5-10/h1-8H,9H2,(H3,19,20,21,22,23). The quantitative estimate of drug-likeness (QED) is 0.361. The lowest BCUT2D eigenvalue weighted by molar-refractivity contribution is -0.384. The number of aromatic nitrogens is 3. The van der Waals surface area contributed by atoms with Crippen LogP contribution >= 0.6 is 11.6 Å². The molecule has 11 heteroatoms. The van der Waals surface area contributed by atoms with E-state index >= 15 is 0 Å². The van der Waals surface area contributed by atoms with E-state index in [0.29, 0.717) is 0 Å². The Labute approximate surface area is 163 Å². The van der Waals surface area contributed by atoms with Crippen molar-refractivity contribution < 1.29 is 14.5 Å². The summed E-state index contributed by atoms with van der Waals surface area (Å²) in [6.07, 6.45) is 0. The van der Waals surface area contributed by atoms with Crippen LogP contribution in [0.15, 0.2) is 48.5 Å². The smallest absolute Gasteiger partial charge is 0.340 e. The molecule has 0 aliphatic carbocycles. The number of ether oxygens (including phenoxy) is 1. The molecule has 28 heavy (non-hydrogen) atoms. The average molecular weight is 401 g/mol. The molecule has 10 nitrogen and oxygen atoms in total. The number of non-ortho nitro benzene ring substituents is 1. The van der Waals surface area contributed by atoms with Gasteiger partial charge in [-0.3, -0.25) is 10.1 Å². The molecule has 3 aromatic rings. The number of rotatable bonds is 6. The van der Waals surface area contributed by atoms with Crippen LogP contribution in [0.2, 0.25) is 5.02 Å². The number of nitrogens with zero attached hydrogens (tertiary/aromatic N) is 4. The van der Waals surface area contributed by atoms with Crippen LogP contribution in [0, 0.1) is 10.1 Å². The molecule has 1 aromatic heterocycles. The fourth-order valence-corrected chi connectivity index (χ4v) is 2.45. The fourth-order valence-electron chi connectivity index (χ4n) is 2.20. The van der Waals surface area contributed by atoms with Crippen molar-refractivity contribution in [1.82, 2.24) is 15.0 Å². The van der Waals surface area contributed by atoms with E-state index in [-0.39, 0.29) is 40.6 Å². The number of benzene rings is 2. The number of anilines is 3. The highest BCUT2D eigenvalue weighted by molar-refractivity contribution is 6.33. The zero-order valence-corrected chi connectivity index (χ0v) is 15.0. The maximum absolute atomic E-state index is 12.2. The number of halogens is 1. The second-order valence-electron chi connectivity index (χ2n) is 5.42. The van der Waals surface area contributed by atoms with Crippen LogP contribution in [-0.2, 0) is 11.3 Å². The van der Waals surface area contributed by atoms with Crippen LogP contribution in [0.1, 0.15) is 16.2 Å². The van der Waals surface area contributed by atoms with Gasteiger partial charge in [0.2, 0.25) is 11.9 Å². The number of esters is 1. The lowest BCUT2D eigenvalue weighted by Gasteiger charge is -2.08. The Morgan fingerprint density at radius 3 is 2.61 bits per heavy atom. The number of nitrogens with two attached hydrogens (primary N) is 1. The summed E-state index contributed by atoms with van der Waals surface area (Å²) in [5.74, 6) is -0.514. The Morgan fingerprint density at radius 1 is 1.18 bits per heavy atom. The summed E-state index contributed by atoms with van der Waals surface area (Å²) in [5, 5.41) is 13.6. The Morgan fingerprint density at radius 2 is 1.93 bits per heavy atom. The van der Waals surface area contributed by atoms with Gasteiger partial charge >= 0.3 is 5.97 Å². The molecule has 0 fully saturated rings. The van der Waals surface area contributed by atoms with Gasteiger partial charge in [0.25, 0.3) is 5.69 Å². The van der Waals surface area contributed by atoms with Crippen LogP contribution < -0.4 is 11.1 Å². The molecule has 0 spiro atoms. The van der Waals surface area contributed by atoms with Crippen LogP contribution in [-0.4, -0.2) is 25.8 Å². The minimum atomic E-state index is -0.781. The maximum atomic E-state index is 12.2.